The minimum Gasteiger partial charge on any atom is -0.274 e. The van der Waals surface area contributed by atoms with E-state index in [0.717, 1.165) is 21.5 Å². The molecule has 0 atom stereocenters. The third-order valence-corrected chi connectivity index (χ3v) is 5.84. The Balaban J connectivity index is 1.43. The molecule has 6 nitrogen and oxygen atoms in total. The highest BCUT2D eigenvalue weighted by atomic mass is 32.1. The summed E-state index contributed by atoms with van der Waals surface area (Å²) in [5.74, 6) is -0.417. The number of fused-ring (bicyclic) bond motifs is 1. The smallest absolute Gasteiger partial charge is 0.274 e. The van der Waals surface area contributed by atoms with Gasteiger partial charge in [-0.25, -0.2) is 0 Å². The number of amides is 2. The van der Waals surface area contributed by atoms with Crippen molar-refractivity contribution in [2.75, 3.05) is 6.54 Å². The van der Waals surface area contributed by atoms with Crippen LogP contribution in [0.15, 0.2) is 36.4 Å². The van der Waals surface area contributed by atoms with Crippen molar-refractivity contribution in [2.24, 2.45) is 0 Å². The van der Waals surface area contributed by atoms with Crippen molar-refractivity contribution < 1.29 is 14.2 Å². The first kappa shape index (κ1) is 18.4. The van der Waals surface area contributed by atoms with Crippen LogP contribution in [0.4, 0.5) is 0 Å². The first-order chi connectivity index (χ1) is 13.5. The Labute approximate surface area is 167 Å². The molecule has 142 valence electrons. The zero-order valence-electron chi connectivity index (χ0n) is 16.1. The minimum atomic E-state index is -0.208. The molecule has 28 heavy (non-hydrogen) atoms. The number of benzene rings is 1. The molecule has 1 aliphatic heterocycles. The summed E-state index contributed by atoms with van der Waals surface area (Å²) < 4.78 is 2.10. The Morgan fingerprint density at radius 1 is 0.964 bits per heavy atom. The van der Waals surface area contributed by atoms with E-state index in [1.165, 1.54) is 10.5 Å². The fourth-order valence-electron chi connectivity index (χ4n) is 3.68. The lowest BCUT2D eigenvalue weighted by Gasteiger charge is -2.12. The van der Waals surface area contributed by atoms with Gasteiger partial charge in [0.25, 0.3) is 11.8 Å². The molecule has 2 amide bonds. The van der Waals surface area contributed by atoms with Gasteiger partial charge in [-0.05, 0) is 73.5 Å². The maximum Gasteiger partial charge on any atom is 0.415 e. The highest BCUT2D eigenvalue weighted by Gasteiger charge is 2.34. The Hall–Kier alpha value is -2.93. The van der Waals surface area contributed by atoms with Gasteiger partial charge < -0.3 is 0 Å². The van der Waals surface area contributed by atoms with Gasteiger partial charge in [-0.3, -0.25) is 14.5 Å². The van der Waals surface area contributed by atoms with Crippen molar-refractivity contribution in [3.05, 3.63) is 69.5 Å². The highest BCUT2D eigenvalue weighted by Crippen LogP contribution is 2.23. The third-order valence-electron chi connectivity index (χ3n) is 4.88. The van der Waals surface area contributed by atoms with E-state index in [0.29, 0.717) is 30.5 Å². The molecule has 0 spiro atoms. The lowest BCUT2D eigenvalue weighted by molar-refractivity contribution is -0.609. The van der Waals surface area contributed by atoms with E-state index in [2.05, 4.69) is 47.7 Å². The predicted octanol–water partition coefficient (Wildman–Crippen LogP) is 2.97. The second-order valence-electron chi connectivity index (χ2n) is 7.04. The number of pyridine rings is 1. The van der Waals surface area contributed by atoms with Crippen molar-refractivity contribution in [1.29, 1.82) is 0 Å². The quantitative estimate of drug-likeness (QED) is 0.494. The first-order valence-electron chi connectivity index (χ1n) is 9.23. The van der Waals surface area contributed by atoms with Crippen molar-refractivity contribution in [2.45, 2.75) is 33.6 Å². The molecular weight excluding hydrogens is 372 g/mol. The number of carbonyl (C=O) groups excluding carboxylic acids is 2. The van der Waals surface area contributed by atoms with Gasteiger partial charge in [0.05, 0.1) is 16.2 Å². The van der Waals surface area contributed by atoms with Crippen molar-refractivity contribution in [3.63, 3.8) is 0 Å². The number of aryl methyl sites for hydroxylation is 4. The second-order valence-corrected chi connectivity index (χ2v) is 8.08. The minimum absolute atomic E-state index is 0.208. The SMILES string of the molecule is Cc1cc(C)[n+](-c2nnc(CCCN3C(=O)c4ccccc4C3=O)s2)c(C)c1. The van der Waals surface area contributed by atoms with E-state index in [1.54, 1.807) is 35.6 Å². The van der Waals surface area contributed by atoms with Gasteiger partial charge in [0.2, 0.25) is 0 Å². The van der Waals surface area contributed by atoms with Crippen LogP contribution >= 0.6 is 11.3 Å². The van der Waals surface area contributed by atoms with Crippen LogP contribution in [0.2, 0.25) is 0 Å². The Kier molecular flexibility index (Phi) is 4.77. The number of hydrogen-bond donors (Lipinski definition) is 0. The molecular formula is C21H21N4O2S+. The van der Waals surface area contributed by atoms with Gasteiger partial charge >= 0.3 is 5.13 Å². The van der Waals surface area contributed by atoms with Gasteiger partial charge in [-0.2, -0.15) is 4.57 Å². The summed E-state index contributed by atoms with van der Waals surface area (Å²) in [5, 5.41) is 10.4. The lowest BCUT2D eigenvalue weighted by atomic mass is 10.1. The number of imide groups is 1. The maximum atomic E-state index is 12.4. The molecule has 2 aromatic heterocycles. The van der Waals surface area contributed by atoms with Crippen molar-refractivity contribution in [3.8, 4) is 5.13 Å². The van der Waals surface area contributed by atoms with Gasteiger partial charge in [0, 0.05) is 13.0 Å². The van der Waals surface area contributed by atoms with Crippen LogP contribution < -0.4 is 4.57 Å². The Morgan fingerprint density at radius 3 is 2.18 bits per heavy atom. The van der Waals surface area contributed by atoms with Crippen molar-refractivity contribution >= 4 is 23.2 Å². The van der Waals surface area contributed by atoms with E-state index in [1.807, 2.05) is 0 Å². The van der Waals surface area contributed by atoms with Gasteiger partial charge in [0.1, 0.15) is 16.4 Å². The summed E-state index contributed by atoms with van der Waals surface area (Å²) in [4.78, 5) is 26.2. The third kappa shape index (κ3) is 3.22. The molecule has 0 bridgehead atoms. The lowest BCUT2D eigenvalue weighted by Crippen LogP contribution is -2.37. The summed E-state index contributed by atoms with van der Waals surface area (Å²) in [7, 11) is 0. The monoisotopic (exact) mass is 393 g/mol. The number of carbonyl (C=O) groups is 2. The molecule has 0 saturated carbocycles. The van der Waals surface area contributed by atoms with E-state index in [4.69, 9.17) is 0 Å². The van der Waals surface area contributed by atoms with Crippen LogP contribution in [-0.2, 0) is 6.42 Å². The van der Waals surface area contributed by atoms with Crippen molar-refractivity contribution in [1.82, 2.24) is 15.1 Å². The molecule has 1 aromatic carbocycles. The molecule has 0 N–H and O–H groups in total. The molecule has 0 radical (unpaired) electrons. The standard InChI is InChI=1S/C21H21N4O2S/c1-13-11-14(2)25(15(3)12-13)21-23-22-18(28-21)9-6-10-24-19(26)16-7-4-5-8-17(16)20(24)27/h4-5,7-8,11-12H,6,9-10H2,1-3H3/q+1. The van der Waals surface area contributed by atoms with E-state index in [9.17, 15) is 9.59 Å². The average molecular weight is 393 g/mol. The fraction of sp³-hybridized carbons (Fsp3) is 0.286. The molecule has 0 fully saturated rings. The zero-order chi connectivity index (χ0) is 19.8. The molecule has 3 aromatic rings. The molecule has 0 saturated heterocycles. The molecule has 1 aliphatic rings. The molecule has 0 unspecified atom stereocenters. The number of rotatable bonds is 5. The zero-order valence-corrected chi connectivity index (χ0v) is 16.9. The molecule has 4 rings (SSSR count). The van der Waals surface area contributed by atoms with Crippen LogP contribution in [0.1, 0.15) is 49.1 Å². The molecule has 3 heterocycles. The van der Waals surface area contributed by atoms with Gasteiger partial charge in [-0.15, -0.1) is 0 Å². The Morgan fingerprint density at radius 2 is 1.57 bits per heavy atom. The van der Waals surface area contributed by atoms with E-state index >= 15 is 0 Å². The van der Waals surface area contributed by atoms with Gasteiger partial charge in [0.15, 0.2) is 0 Å². The Bertz CT molecular complexity index is 1030. The van der Waals surface area contributed by atoms with Crippen LogP contribution in [-0.4, -0.2) is 33.5 Å². The van der Waals surface area contributed by atoms with Crippen LogP contribution in [0.5, 0.6) is 0 Å². The summed E-state index contributed by atoms with van der Waals surface area (Å²) in [5.41, 5.74) is 4.44. The maximum absolute atomic E-state index is 12.4. The number of nitrogens with zero attached hydrogens (tertiary/aromatic N) is 4. The van der Waals surface area contributed by atoms with Gasteiger partial charge in [-0.1, -0.05) is 12.1 Å². The van der Waals surface area contributed by atoms with Crippen LogP contribution in [0, 0.1) is 20.8 Å². The van der Waals surface area contributed by atoms with Crippen LogP contribution in [0.3, 0.4) is 0 Å². The summed E-state index contributed by atoms with van der Waals surface area (Å²) in [6, 6.07) is 11.2. The second kappa shape index (κ2) is 7.24. The van der Waals surface area contributed by atoms with E-state index in [-0.39, 0.29) is 11.8 Å². The predicted molar refractivity (Wildman–Crippen MR) is 106 cm³/mol. The first-order valence-corrected chi connectivity index (χ1v) is 10.1. The molecule has 7 heteroatoms. The summed E-state index contributed by atoms with van der Waals surface area (Å²) in [6.45, 7) is 6.58. The fourth-order valence-corrected chi connectivity index (χ4v) is 4.68. The summed E-state index contributed by atoms with van der Waals surface area (Å²) in [6.07, 6.45) is 1.34. The average Bonchev–Trinajstić information content (AvgIpc) is 3.20. The largest absolute Gasteiger partial charge is 0.415 e. The molecule has 0 aliphatic carbocycles. The number of hydrogen-bond acceptors (Lipinski definition) is 5. The normalized spacial score (nSPS) is 13.3. The topological polar surface area (TPSA) is 67.0 Å². The highest BCUT2D eigenvalue weighted by molar-refractivity contribution is 7.13. The van der Waals surface area contributed by atoms with E-state index < -0.39 is 0 Å². The van der Waals surface area contributed by atoms with Crippen LogP contribution in [0.25, 0.3) is 5.13 Å². The summed E-state index contributed by atoms with van der Waals surface area (Å²) >= 11 is 1.54. The number of aromatic nitrogens is 3.